The van der Waals surface area contributed by atoms with Crippen LogP contribution in [0, 0.1) is 11.3 Å². The average molecular weight is 587 g/mol. The Kier molecular flexibility index (Phi) is 8.38. The van der Waals surface area contributed by atoms with Crippen molar-refractivity contribution in [2.75, 3.05) is 5.32 Å². The standard InChI is InChI=1S/C35H39ClN2O4/c1-21(2)16-27-28-18-26(42-33(22(3)39)30-17-24-8-6-7-9-29(24)37-30)14-15-31(28)38(20-23-10-12-25(36)13-11-23)32(27)19-35(4,5)34(40)41/h6-15,18,21,30,33,37H,16-17,19-20H2,1-5H3,(H,40,41)/t30?,33-/m1/s1. The predicted molar refractivity (Wildman–Crippen MR) is 169 cm³/mol. The van der Waals surface area contributed by atoms with Gasteiger partial charge in [-0.15, -0.1) is 0 Å². The van der Waals surface area contributed by atoms with Crippen molar-refractivity contribution in [2.45, 2.75) is 72.6 Å². The van der Waals surface area contributed by atoms with Crippen molar-refractivity contribution in [3.8, 4) is 5.75 Å². The van der Waals surface area contributed by atoms with Crippen LogP contribution in [-0.4, -0.2) is 33.6 Å². The molecule has 1 aliphatic heterocycles. The Bertz CT molecular complexity index is 1600. The van der Waals surface area contributed by atoms with Crippen LogP contribution in [0.15, 0.2) is 66.7 Å². The van der Waals surface area contributed by atoms with Crippen LogP contribution in [0.3, 0.4) is 0 Å². The first kappa shape index (κ1) is 29.7. The van der Waals surface area contributed by atoms with Crippen LogP contribution in [0.1, 0.15) is 57.0 Å². The topological polar surface area (TPSA) is 80.6 Å². The highest BCUT2D eigenvalue weighted by Gasteiger charge is 2.34. The number of fused-ring (bicyclic) bond motifs is 2. The van der Waals surface area contributed by atoms with Gasteiger partial charge in [-0.2, -0.15) is 0 Å². The lowest BCUT2D eigenvalue weighted by Crippen LogP contribution is -2.41. The van der Waals surface area contributed by atoms with Crippen molar-refractivity contribution in [1.82, 2.24) is 4.57 Å². The number of anilines is 1. The highest BCUT2D eigenvalue weighted by atomic mass is 35.5. The van der Waals surface area contributed by atoms with Gasteiger partial charge >= 0.3 is 5.97 Å². The van der Waals surface area contributed by atoms with E-state index < -0.39 is 17.5 Å². The first-order valence-electron chi connectivity index (χ1n) is 14.6. The number of Topliss-reactive ketones (excluding diaryl/α,β-unsaturated/α-hetero) is 1. The highest BCUT2D eigenvalue weighted by Crippen LogP contribution is 2.37. The van der Waals surface area contributed by atoms with Crippen LogP contribution in [0.25, 0.3) is 10.9 Å². The van der Waals surface area contributed by atoms with E-state index >= 15 is 0 Å². The van der Waals surface area contributed by atoms with Crippen LogP contribution >= 0.6 is 11.6 Å². The minimum Gasteiger partial charge on any atom is -0.481 e. The number of carbonyl (C=O) groups excluding carboxylic acids is 1. The number of aromatic nitrogens is 1. The third kappa shape index (κ3) is 6.19. The number of para-hydroxylation sites is 1. The number of carboxylic acid groups (broad SMARTS) is 1. The molecule has 220 valence electrons. The van der Waals surface area contributed by atoms with Gasteiger partial charge in [0.05, 0.1) is 11.5 Å². The molecular formula is C35H39ClN2O4. The van der Waals surface area contributed by atoms with Gasteiger partial charge < -0.3 is 19.7 Å². The van der Waals surface area contributed by atoms with Crippen molar-refractivity contribution in [1.29, 1.82) is 0 Å². The summed E-state index contributed by atoms with van der Waals surface area (Å²) < 4.78 is 8.69. The third-order valence-corrected chi connectivity index (χ3v) is 8.39. The van der Waals surface area contributed by atoms with Gasteiger partial charge in [0.15, 0.2) is 11.9 Å². The van der Waals surface area contributed by atoms with E-state index in [0.29, 0.717) is 36.1 Å². The smallest absolute Gasteiger partial charge is 0.309 e. The Hall–Kier alpha value is -3.77. The van der Waals surface area contributed by atoms with Crippen molar-refractivity contribution in [3.05, 3.63) is 94.1 Å². The summed E-state index contributed by atoms with van der Waals surface area (Å²) in [6.45, 7) is 10.0. The van der Waals surface area contributed by atoms with Crippen molar-refractivity contribution in [3.63, 3.8) is 0 Å². The normalized spacial score (nSPS) is 15.5. The van der Waals surface area contributed by atoms with Crippen LogP contribution in [0.4, 0.5) is 5.69 Å². The summed E-state index contributed by atoms with van der Waals surface area (Å²) in [5.41, 5.74) is 5.48. The monoisotopic (exact) mass is 586 g/mol. The van der Waals surface area contributed by atoms with Gasteiger partial charge in [0.25, 0.3) is 0 Å². The van der Waals surface area contributed by atoms with E-state index in [9.17, 15) is 14.7 Å². The largest absolute Gasteiger partial charge is 0.481 e. The summed E-state index contributed by atoms with van der Waals surface area (Å²) in [4.78, 5) is 25.1. The molecule has 0 radical (unpaired) electrons. The van der Waals surface area contributed by atoms with E-state index in [4.69, 9.17) is 16.3 Å². The number of halogens is 1. The lowest BCUT2D eigenvalue weighted by atomic mass is 9.85. The molecule has 0 saturated carbocycles. The molecule has 0 fully saturated rings. The Morgan fingerprint density at radius 2 is 1.81 bits per heavy atom. The van der Waals surface area contributed by atoms with E-state index in [2.05, 4.69) is 29.8 Å². The number of ketones is 1. The number of benzene rings is 3. The fraction of sp³-hybridized carbons (Fsp3) is 0.371. The summed E-state index contributed by atoms with van der Waals surface area (Å²) in [5.74, 6) is 0.104. The lowest BCUT2D eigenvalue weighted by molar-refractivity contribution is -0.146. The molecule has 0 saturated heterocycles. The van der Waals surface area contributed by atoms with Crippen LogP contribution in [-0.2, 0) is 35.4 Å². The van der Waals surface area contributed by atoms with Crippen LogP contribution in [0.2, 0.25) is 5.02 Å². The Morgan fingerprint density at radius 1 is 1.10 bits per heavy atom. The maximum atomic E-state index is 12.8. The molecule has 0 aliphatic carbocycles. The first-order chi connectivity index (χ1) is 19.9. The minimum atomic E-state index is -0.958. The number of carboxylic acids is 1. The number of ether oxygens (including phenoxy) is 1. The highest BCUT2D eigenvalue weighted by molar-refractivity contribution is 6.30. The molecule has 3 aromatic carbocycles. The first-order valence-corrected chi connectivity index (χ1v) is 14.9. The van der Waals surface area contributed by atoms with E-state index in [1.54, 1.807) is 20.8 Å². The molecule has 0 bridgehead atoms. The molecule has 5 rings (SSSR count). The van der Waals surface area contributed by atoms with Crippen LogP contribution < -0.4 is 10.1 Å². The zero-order chi connectivity index (χ0) is 30.2. The van der Waals surface area contributed by atoms with Gasteiger partial charge in [0.2, 0.25) is 0 Å². The Balaban J connectivity index is 1.58. The average Bonchev–Trinajstić information content (AvgIpc) is 3.47. The molecule has 7 heteroatoms. The zero-order valence-electron chi connectivity index (χ0n) is 24.9. The molecule has 0 amide bonds. The summed E-state index contributed by atoms with van der Waals surface area (Å²) in [6.07, 6.45) is 1.23. The van der Waals surface area contributed by atoms with Gasteiger partial charge in [-0.05, 0) is 92.6 Å². The predicted octanol–water partition coefficient (Wildman–Crippen LogP) is 7.57. The number of aliphatic carboxylic acids is 1. The zero-order valence-corrected chi connectivity index (χ0v) is 25.7. The number of hydrogen-bond acceptors (Lipinski definition) is 4. The summed E-state index contributed by atoms with van der Waals surface area (Å²) >= 11 is 6.16. The number of carbonyl (C=O) groups is 2. The third-order valence-electron chi connectivity index (χ3n) is 8.14. The molecule has 4 aromatic rings. The lowest BCUT2D eigenvalue weighted by Gasteiger charge is -2.23. The van der Waals surface area contributed by atoms with E-state index in [-0.39, 0.29) is 11.8 Å². The SMILES string of the molecule is CC(=O)[C@@H](Oc1ccc2c(c1)c(CC(C)C)c(CC(C)(C)C(=O)O)n2Cc1ccc(Cl)cc1)C1Cc2ccccc2N1. The number of rotatable bonds is 11. The molecule has 42 heavy (non-hydrogen) atoms. The molecule has 6 nitrogen and oxygen atoms in total. The van der Waals surface area contributed by atoms with E-state index in [1.165, 1.54) is 5.56 Å². The molecular weight excluding hydrogens is 548 g/mol. The Morgan fingerprint density at radius 3 is 2.45 bits per heavy atom. The quantitative estimate of drug-likeness (QED) is 0.189. The second-order valence-corrected chi connectivity index (χ2v) is 13.0. The fourth-order valence-electron chi connectivity index (χ4n) is 5.92. The molecule has 2 heterocycles. The summed E-state index contributed by atoms with van der Waals surface area (Å²) in [5, 5.41) is 15.2. The summed E-state index contributed by atoms with van der Waals surface area (Å²) in [7, 11) is 0. The molecule has 2 N–H and O–H groups in total. The van der Waals surface area contributed by atoms with E-state index in [1.807, 2.05) is 60.7 Å². The second kappa shape index (κ2) is 11.8. The molecule has 1 aliphatic rings. The maximum Gasteiger partial charge on any atom is 0.309 e. The van der Waals surface area contributed by atoms with Crippen molar-refractivity contribution >= 4 is 39.9 Å². The molecule has 1 unspecified atom stereocenters. The Labute approximate surface area is 252 Å². The number of nitrogens with zero attached hydrogens (tertiary/aromatic N) is 1. The van der Waals surface area contributed by atoms with Gasteiger partial charge in [-0.1, -0.05) is 55.8 Å². The molecule has 1 aromatic heterocycles. The summed E-state index contributed by atoms with van der Waals surface area (Å²) in [6, 6.07) is 21.7. The van der Waals surface area contributed by atoms with E-state index in [0.717, 1.165) is 39.8 Å². The van der Waals surface area contributed by atoms with Gasteiger partial charge in [-0.25, -0.2) is 0 Å². The second-order valence-electron chi connectivity index (χ2n) is 12.5. The fourth-order valence-corrected chi connectivity index (χ4v) is 6.05. The maximum absolute atomic E-state index is 12.8. The van der Waals surface area contributed by atoms with Crippen LogP contribution in [0.5, 0.6) is 5.75 Å². The van der Waals surface area contributed by atoms with Crippen molar-refractivity contribution < 1.29 is 19.4 Å². The molecule has 2 atom stereocenters. The van der Waals surface area contributed by atoms with Gasteiger partial charge in [0.1, 0.15) is 5.75 Å². The minimum absolute atomic E-state index is 0.0352. The van der Waals surface area contributed by atoms with Gasteiger partial charge in [0, 0.05) is 40.3 Å². The molecule has 0 spiro atoms. The van der Waals surface area contributed by atoms with Gasteiger partial charge in [-0.3, -0.25) is 9.59 Å². The number of hydrogen-bond donors (Lipinski definition) is 2. The van der Waals surface area contributed by atoms with Crippen molar-refractivity contribution in [2.24, 2.45) is 11.3 Å². The number of nitrogens with one attached hydrogen (secondary N) is 1.